The molecule has 2 heterocycles. The molecule has 3 rings (SSSR count). The van der Waals surface area contributed by atoms with E-state index in [-0.39, 0.29) is 11.2 Å². The molecule has 0 saturated heterocycles. The molecule has 0 aliphatic carbocycles. The van der Waals surface area contributed by atoms with E-state index in [0.29, 0.717) is 0 Å². The number of carbonyl (C=O) groups is 1. The Hall–Kier alpha value is -2.12. The number of amides is 1. The van der Waals surface area contributed by atoms with Crippen LogP contribution in [0.4, 0.5) is 5.69 Å². The predicted molar refractivity (Wildman–Crippen MR) is 104 cm³/mol. The monoisotopic (exact) mass is 372 g/mol. The lowest BCUT2D eigenvalue weighted by Gasteiger charge is -2.13. The van der Waals surface area contributed by atoms with E-state index in [2.05, 4.69) is 15.5 Å². The van der Waals surface area contributed by atoms with Crippen molar-refractivity contribution in [1.29, 1.82) is 0 Å². The Morgan fingerprint density at radius 2 is 2.08 bits per heavy atom. The fourth-order valence-electron chi connectivity index (χ4n) is 2.35. The minimum atomic E-state index is -0.279. The third kappa shape index (κ3) is 3.93. The van der Waals surface area contributed by atoms with Gasteiger partial charge in [0, 0.05) is 12.7 Å². The van der Waals surface area contributed by atoms with E-state index in [1.807, 2.05) is 68.1 Å². The molecule has 0 saturated carbocycles. The van der Waals surface area contributed by atoms with E-state index in [9.17, 15) is 4.79 Å². The van der Waals surface area contributed by atoms with Gasteiger partial charge >= 0.3 is 0 Å². The Balaban J connectivity index is 1.71. The number of nitrogens with one attached hydrogen (secondary N) is 1. The Labute approximate surface area is 155 Å². The second-order valence-corrected chi connectivity index (χ2v) is 8.17. The van der Waals surface area contributed by atoms with Crippen LogP contribution < -0.4 is 5.32 Å². The molecule has 1 unspecified atom stereocenters. The van der Waals surface area contributed by atoms with Gasteiger partial charge in [0.05, 0.1) is 10.1 Å². The van der Waals surface area contributed by atoms with E-state index in [1.165, 1.54) is 11.8 Å². The number of hydrogen-bond acceptors (Lipinski definition) is 5. The van der Waals surface area contributed by atoms with Gasteiger partial charge in [-0.25, -0.2) is 0 Å². The molecule has 7 heteroatoms. The van der Waals surface area contributed by atoms with Crippen LogP contribution in [0.5, 0.6) is 0 Å². The highest BCUT2D eigenvalue weighted by molar-refractivity contribution is 8.00. The third-order valence-electron chi connectivity index (χ3n) is 3.88. The zero-order chi connectivity index (χ0) is 18.0. The molecule has 0 spiro atoms. The van der Waals surface area contributed by atoms with Gasteiger partial charge in [-0.3, -0.25) is 4.79 Å². The molecule has 25 heavy (non-hydrogen) atoms. The molecule has 1 amide bonds. The zero-order valence-corrected chi connectivity index (χ0v) is 16.2. The van der Waals surface area contributed by atoms with E-state index < -0.39 is 0 Å². The highest BCUT2D eigenvalue weighted by Gasteiger charge is 2.20. The number of anilines is 1. The summed E-state index contributed by atoms with van der Waals surface area (Å²) in [4.78, 5) is 13.6. The maximum atomic E-state index is 12.5. The van der Waals surface area contributed by atoms with E-state index >= 15 is 0 Å². The van der Waals surface area contributed by atoms with Crippen LogP contribution >= 0.6 is 23.1 Å². The summed E-state index contributed by atoms with van der Waals surface area (Å²) in [5, 5.41) is 14.0. The van der Waals surface area contributed by atoms with Gasteiger partial charge in [-0.05, 0) is 49.4 Å². The normalized spacial score (nSPS) is 12.2. The molecule has 0 fully saturated rings. The van der Waals surface area contributed by atoms with Gasteiger partial charge in [-0.1, -0.05) is 30.0 Å². The lowest BCUT2D eigenvalue weighted by Crippen LogP contribution is -2.23. The average molecular weight is 373 g/mol. The molecule has 1 N–H and O–H groups in total. The van der Waals surface area contributed by atoms with Crippen LogP contribution in [0.15, 0.2) is 40.9 Å². The van der Waals surface area contributed by atoms with Gasteiger partial charge in [0.15, 0.2) is 11.0 Å². The first-order valence-corrected chi connectivity index (χ1v) is 9.69. The van der Waals surface area contributed by atoms with Crippen LogP contribution in [-0.2, 0) is 11.8 Å². The minimum absolute atomic E-state index is 0.0422. The molecule has 1 aromatic carbocycles. The number of aromatic nitrogens is 3. The van der Waals surface area contributed by atoms with Gasteiger partial charge in [-0.15, -0.1) is 21.5 Å². The second-order valence-electron chi connectivity index (χ2n) is 5.91. The second kappa shape index (κ2) is 7.41. The summed E-state index contributed by atoms with van der Waals surface area (Å²) >= 11 is 3.03. The number of thioether (sulfide) groups is 1. The van der Waals surface area contributed by atoms with Gasteiger partial charge in [-0.2, -0.15) is 0 Å². The van der Waals surface area contributed by atoms with Crippen molar-refractivity contribution in [3.8, 4) is 10.7 Å². The molecular formula is C18H20N4OS2. The summed E-state index contributed by atoms with van der Waals surface area (Å²) in [7, 11) is 1.92. The summed E-state index contributed by atoms with van der Waals surface area (Å²) in [5.74, 6) is 0.777. The van der Waals surface area contributed by atoms with Crippen molar-refractivity contribution in [3.63, 3.8) is 0 Å². The van der Waals surface area contributed by atoms with Gasteiger partial charge in [0.2, 0.25) is 5.91 Å². The van der Waals surface area contributed by atoms with Gasteiger partial charge < -0.3 is 9.88 Å². The highest BCUT2D eigenvalue weighted by atomic mass is 32.2. The number of nitrogens with zero attached hydrogens (tertiary/aromatic N) is 3. The van der Waals surface area contributed by atoms with Crippen molar-refractivity contribution in [2.24, 2.45) is 7.05 Å². The number of thiophene rings is 1. The Morgan fingerprint density at radius 3 is 2.80 bits per heavy atom. The van der Waals surface area contributed by atoms with Crippen LogP contribution in [0.2, 0.25) is 0 Å². The van der Waals surface area contributed by atoms with Crippen molar-refractivity contribution in [3.05, 3.63) is 46.8 Å². The molecule has 0 bridgehead atoms. The molecule has 2 aromatic heterocycles. The summed E-state index contributed by atoms with van der Waals surface area (Å²) in [6, 6.07) is 10.0. The smallest absolute Gasteiger partial charge is 0.237 e. The summed E-state index contributed by atoms with van der Waals surface area (Å²) < 4.78 is 1.93. The predicted octanol–water partition coefficient (Wildman–Crippen LogP) is 4.28. The summed E-state index contributed by atoms with van der Waals surface area (Å²) in [6.45, 7) is 5.88. The van der Waals surface area contributed by atoms with E-state index in [1.54, 1.807) is 11.3 Å². The SMILES string of the molecule is Cc1ccc(C)c(NC(=O)C(C)Sc2nnc(-c3cccs3)n2C)c1. The number of carbonyl (C=O) groups excluding carboxylic acids is 1. The molecule has 130 valence electrons. The summed E-state index contributed by atoms with van der Waals surface area (Å²) in [6.07, 6.45) is 0. The molecule has 0 aliphatic heterocycles. The van der Waals surface area contributed by atoms with Gasteiger partial charge in [0.25, 0.3) is 0 Å². The van der Waals surface area contributed by atoms with E-state index in [4.69, 9.17) is 0 Å². The van der Waals surface area contributed by atoms with Crippen LogP contribution in [0.3, 0.4) is 0 Å². The Morgan fingerprint density at radius 1 is 1.28 bits per heavy atom. The van der Waals surface area contributed by atoms with Crippen molar-refractivity contribution in [2.45, 2.75) is 31.2 Å². The number of aryl methyl sites for hydroxylation is 2. The molecular weight excluding hydrogens is 352 g/mol. The van der Waals surface area contributed by atoms with Crippen molar-refractivity contribution in [1.82, 2.24) is 14.8 Å². The fraction of sp³-hybridized carbons (Fsp3) is 0.278. The van der Waals surface area contributed by atoms with Gasteiger partial charge in [0.1, 0.15) is 0 Å². The van der Waals surface area contributed by atoms with Crippen LogP contribution in [0.1, 0.15) is 18.1 Å². The van der Waals surface area contributed by atoms with Crippen LogP contribution in [-0.4, -0.2) is 25.9 Å². The largest absolute Gasteiger partial charge is 0.325 e. The summed E-state index contributed by atoms with van der Waals surface area (Å²) in [5.41, 5.74) is 3.03. The molecule has 1 atom stereocenters. The molecule has 0 radical (unpaired) electrons. The lowest BCUT2D eigenvalue weighted by atomic mass is 10.1. The highest BCUT2D eigenvalue weighted by Crippen LogP contribution is 2.28. The zero-order valence-electron chi connectivity index (χ0n) is 14.6. The first-order chi connectivity index (χ1) is 12.0. The van der Waals surface area contributed by atoms with Crippen LogP contribution in [0.25, 0.3) is 10.7 Å². The molecule has 3 aromatic rings. The first-order valence-electron chi connectivity index (χ1n) is 7.93. The standard InChI is InChI=1S/C18H20N4OS2/c1-11-7-8-12(2)14(10-11)19-17(23)13(3)25-18-21-20-16(22(18)4)15-6-5-9-24-15/h5-10,13H,1-4H3,(H,19,23). The quantitative estimate of drug-likeness (QED) is 0.679. The van der Waals surface area contributed by atoms with Crippen LogP contribution in [0, 0.1) is 13.8 Å². The van der Waals surface area contributed by atoms with E-state index in [0.717, 1.165) is 32.7 Å². The molecule has 5 nitrogen and oxygen atoms in total. The molecule has 0 aliphatic rings. The number of rotatable bonds is 5. The number of benzene rings is 1. The first kappa shape index (κ1) is 17.7. The fourth-order valence-corrected chi connectivity index (χ4v) is 3.91. The maximum absolute atomic E-state index is 12.5. The average Bonchev–Trinajstić information content (AvgIpc) is 3.21. The Bertz CT molecular complexity index is 887. The minimum Gasteiger partial charge on any atom is -0.325 e. The van der Waals surface area contributed by atoms with Crippen molar-refractivity contribution >= 4 is 34.7 Å². The van der Waals surface area contributed by atoms with Crippen molar-refractivity contribution < 1.29 is 4.79 Å². The third-order valence-corrected chi connectivity index (χ3v) is 5.88. The number of hydrogen-bond donors (Lipinski definition) is 1. The maximum Gasteiger partial charge on any atom is 0.237 e. The lowest BCUT2D eigenvalue weighted by molar-refractivity contribution is -0.115. The Kier molecular flexibility index (Phi) is 5.24. The van der Waals surface area contributed by atoms with Crippen molar-refractivity contribution in [2.75, 3.05) is 5.32 Å². The topological polar surface area (TPSA) is 59.8 Å².